The van der Waals surface area contributed by atoms with Crippen molar-refractivity contribution in [3.8, 4) is 0 Å². The van der Waals surface area contributed by atoms with E-state index in [0.717, 1.165) is 32.5 Å². The summed E-state index contributed by atoms with van der Waals surface area (Å²) >= 11 is 6.79. The van der Waals surface area contributed by atoms with E-state index in [4.69, 9.17) is 0 Å². The average Bonchev–Trinajstić information content (AvgIpc) is 3.31. The van der Waals surface area contributed by atoms with Crippen LogP contribution in [0.2, 0.25) is 0 Å². The van der Waals surface area contributed by atoms with Crippen LogP contribution in [-0.4, -0.2) is 37.3 Å². The van der Waals surface area contributed by atoms with Gasteiger partial charge in [0, 0.05) is 21.3 Å². The lowest BCUT2D eigenvalue weighted by atomic mass is 10.2. The van der Waals surface area contributed by atoms with Crippen LogP contribution in [0.1, 0.15) is 17.0 Å². The van der Waals surface area contributed by atoms with E-state index in [1.54, 1.807) is 30.6 Å². The number of fused-ring (bicyclic) bond motifs is 2. The molecule has 8 nitrogen and oxygen atoms in total. The van der Waals surface area contributed by atoms with Crippen LogP contribution in [0.15, 0.2) is 63.2 Å². The zero-order valence-corrected chi connectivity index (χ0v) is 21.3. The summed E-state index contributed by atoms with van der Waals surface area (Å²) < 4.78 is 28.4. The van der Waals surface area contributed by atoms with Crippen molar-refractivity contribution >= 4 is 63.9 Å². The van der Waals surface area contributed by atoms with Gasteiger partial charge in [-0.15, -0.1) is 0 Å². The fraction of sp³-hybridized carbons (Fsp3) is 0.143. The molecule has 1 N–H and O–H groups in total. The molecule has 4 heterocycles. The molecule has 0 saturated carbocycles. The van der Waals surface area contributed by atoms with Crippen molar-refractivity contribution in [2.24, 2.45) is 0 Å². The van der Waals surface area contributed by atoms with Crippen molar-refractivity contribution < 1.29 is 8.42 Å². The summed E-state index contributed by atoms with van der Waals surface area (Å²) in [7, 11) is -3.68. The molecule has 0 amide bonds. The number of halogens is 2. The maximum atomic E-state index is 12.8. The highest BCUT2D eigenvalue weighted by Crippen LogP contribution is 2.29. The normalized spacial score (nSPS) is 11.5. The molecule has 5 aromatic rings. The molecule has 0 aliphatic carbocycles. The fourth-order valence-corrected chi connectivity index (χ4v) is 5.93. The summed E-state index contributed by atoms with van der Waals surface area (Å²) in [6.07, 6.45) is 6.31. The molecule has 0 aliphatic heterocycles. The van der Waals surface area contributed by atoms with Crippen LogP contribution in [-0.2, 0) is 10.0 Å². The van der Waals surface area contributed by atoms with Crippen molar-refractivity contribution in [2.45, 2.75) is 25.7 Å². The molecule has 11 heteroatoms. The summed E-state index contributed by atoms with van der Waals surface area (Å²) in [6, 6.07) is 6.73. The summed E-state index contributed by atoms with van der Waals surface area (Å²) in [6.45, 7) is 5.69. The van der Waals surface area contributed by atoms with E-state index < -0.39 is 10.0 Å². The Morgan fingerprint density at radius 1 is 0.844 bits per heavy atom. The Kier molecular flexibility index (Phi) is 6.15. The maximum Gasteiger partial charge on any atom is 0.269 e. The van der Waals surface area contributed by atoms with Crippen LogP contribution in [0.5, 0.6) is 0 Å². The van der Waals surface area contributed by atoms with E-state index in [0.29, 0.717) is 15.5 Å². The highest BCUT2D eigenvalue weighted by molar-refractivity contribution is 9.11. The van der Waals surface area contributed by atoms with Crippen LogP contribution in [0.3, 0.4) is 0 Å². The molecule has 164 valence electrons. The molecular formula is C21H18Br2N6O2S. The summed E-state index contributed by atoms with van der Waals surface area (Å²) in [5.41, 5.74) is 3.97. The Morgan fingerprint density at radius 2 is 1.47 bits per heavy atom. The largest absolute Gasteiger partial charge is 0.345 e. The minimum atomic E-state index is -3.68. The number of nitrogens with one attached hydrogen (secondary N) is 1. The predicted octanol–water partition coefficient (Wildman–Crippen LogP) is 5.08. The van der Waals surface area contributed by atoms with Crippen LogP contribution in [0.4, 0.5) is 0 Å². The van der Waals surface area contributed by atoms with E-state index in [1.165, 1.54) is 16.5 Å². The standard InChI is InChI=1S/C14H12BrN3O2S.C7H6BrN3/c1-9-3-5-11(6-4-9)21(19,20)18-7-12(15)13-10(2)16-8-17-14(13)18;1-4-6-5(8)2-9-7(6)11-3-10-4/h3-8H,1-2H3;2-3H,1H3,(H,9,10,11). The third kappa shape index (κ3) is 4.07. The zero-order chi connectivity index (χ0) is 23.0. The minimum absolute atomic E-state index is 0.230. The first kappa shape index (κ1) is 22.6. The van der Waals surface area contributed by atoms with Gasteiger partial charge in [-0.3, -0.25) is 0 Å². The van der Waals surface area contributed by atoms with Gasteiger partial charge in [0.15, 0.2) is 5.65 Å². The topological polar surface area (TPSA) is 106 Å². The molecule has 0 saturated heterocycles. The summed E-state index contributed by atoms with van der Waals surface area (Å²) in [4.78, 5) is 19.6. The highest BCUT2D eigenvalue weighted by Gasteiger charge is 2.22. The molecule has 0 bridgehead atoms. The molecule has 0 fully saturated rings. The number of aryl methyl sites for hydroxylation is 3. The van der Waals surface area contributed by atoms with Gasteiger partial charge in [0.2, 0.25) is 0 Å². The van der Waals surface area contributed by atoms with Gasteiger partial charge in [-0.1, -0.05) is 17.7 Å². The number of hydrogen-bond acceptors (Lipinski definition) is 6. The van der Waals surface area contributed by atoms with Crippen LogP contribution >= 0.6 is 31.9 Å². The van der Waals surface area contributed by atoms with Gasteiger partial charge in [-0.05, 0) is 64.8 Å². The molecular weight excluding hydrogens is 560 g/mol. The quantitative estimate of drug-likeness (QED) is 0.314. The smallest absolute Gasteiger partial charge is 0.269 e. The number of benzene rings is 1. The first-order chi connectivity index (χ1) is 15.2. The SMILES string of the molecule is Cc1ccc(S(=O)(=O)n2cc(Br)c3c(C)ncnc32)cc1.Cc1ncnc2[nH]cc(Br)c12. The predicted molar refractivity (Wildman–Crippen MR) is 130 cm³/mol. The van der Waals surface area contributed by atoms with Crippen molar-refractivity contribution in [1.29, 1.82) is 0 Å². The van der Waals surface area contributed by atoms with Gasteiger partial charge in [0.25, 0.3) is 10.0 Å². The van der Waals surface area contributed by atoms with E-state index in [2.05, 4.69) is 56.8 Å². The first-order valence-electron chi connectivity index (χ1n) is 9.44. The average molecular weight is 578 g/mol. The molecule has 0 unspecified atom stereocenters. The Balaban J connectivity index is 0.000000186. The number of aromatic nitrogens is 6. The molecule has 5 rings (SSSR count). The molecule has 1 aromatic carbocycles. The van der Waals surface area contributed by atoms with Crippen molar-refractivity contribution in [1.82, 2.24) is 28.9 Å². The number of hydrogen-bond donors (Lipinski definition) is 1. The number of H-pyrrole nitrogens is 1. The van der Waals surface area contributed by atoms with Gasteiger partial charge in [0.05, 0.1) is 27.1 Å². The monoisotopic (exact) mass is 576 g/mol. The fourth-order valence-electron chi connectivity index (χ4n) is 3.22. The van der Waals surface area contributed by atoms with Crippen LogP contribution in [0, 0.1) is 20.8 Å². The van der Waals surface area contributed by atoms with Gasteiger partial charge in [-0.25, -0.2) is 32.3 Å². The molecule has 0 radical (unpaired) electrons. The molecule has 4 aromatic heterocycles. The third-order valence-electron chi connectivity index (χ3n) is 4.88. The summed E-state index contributed by atoms with van der Waals surface area (Å²) in [5, 5.41) is 1.76. The van der Waals surface area contributed by atoms with E-state index in [1.807, 2.05) is 27.0 Å². The first-order valence-corrected chi connectivity index (χ1v) is 12.5. The Labute approximate surface area is 201 Å². The molecule has 0 atom stereocenters. The van der Waals surface area contributed by atoms with Crippen molar-refractivity contribution in [3.63, 3.8) is 0 Å². The number of nitrogens with zero attached hydrogens (tertiary/aromatic N) is 5. The molecule has 0 aliphatic rings. The van der Waals surface area contributed by atoms with Crippen molar-refractivity contribution in [2.75, 3.05) is 0 Å². The van der Waals surface area contributed by atoms with Crippen molar-refractivity contribution in [3.05, 3.63) is 75.2 Å². The van der Waals surface area contributed by atoms with Crippen LogP contribution in [0.25, 0.3) is 22.1 Å². The Morgan fingerprint density at radius 3 is 2.12 bits per heavy atom. The maximum absolute atomic E-state index is 12.8. The highest BCUT2D eigenvalue weighted by atomic mass is 79.9. The Bertz CT molecular complexity index is 1540. The van der Waals surface area contributed by atoms with Gasteiger partial charge >= 0.3 is 0 Å². The molecule has 0 spiro atoms. The lowest BCUT2D eigenvalue weighted by molar-refractivity contribution is 0.588. The minimum Gasteiger partial charge on any atom is -0.345 e. The zero-order valence-electron chi connectivity index (χ0n) is 17.3. The second-order valence-electron chi connectivity index (χ2n) is 7.07. The lowest BCUT2D eigenvalue weighted by Crippen LogP contribution is -2.12. The third-order valence-corrected chi connectivity index (χ3v) is 7.77. The summed E-state index contributed by atoms with van der Waals surface area (Å²) in [5.74, 6) is 0. The lowest BCUT2D eigenvalue weighted by Gasteiger charge is -2.07. The second kappa shape index (κ2) is 8.72. The van der Waals surface area contributed by atoms with Gasteiger partial charge in [0.1, 0.15) is 18.3 Å². The Hall–Kier alpha value is -2.63. The second-order valence-corrected chi connectivity index (χ2v) is 10.6. The van der Waals surface area contributed by atoms with Gasteiger partial charge in [-0.2, -0.15) is 0 Å². The van der Waals surface area contributed by atoms with Gasteiger partial charge < -0.3 is 4.98 Å². The molecule has 32 heavy (non-hydrogen) atoms. The van der Waals surface area contributed by atoms with Crippen LogP contribution < -0.4 is 0 Å². The van der Waals surface area contributed by atoms with E-state index in [-0.39, 0.29) is 4.90 Å². The number of rotatable bonds is 2. The van der Waals surface area contributed by atoms with E-state index >= 15 is 0 Å². The van der Waals surface area contributed by atoms with E-state index in [9.17, 15) is 8.42 Å². The number of aromatic amines is 1.